The molecule has 94 valence electrons. The van der Waals surface area contributed by atoms with E-state index >= 15 is 0 Å². The molecule has 18 heavy (non-hydrogen) atoms. The van der Waals surface area contributed by atoms with Gasteiger partial charge in [-0.15, -0.1) is 0 Å². The fraction of sp³-hybridized carbons (Fsp3) is 0.333. The van der Waals surface area contributed by atoms with Crippen molar-refractivity contribution >= 4 is 5.69 Å². The number of hydrogen-bond donors (Lipinski definition) is 1. The number of fused-ring (bicyclic) bond motifs is 1. The van der Waals surface area contributed by atoms with Gasteiger partial charge in [0.1, 0.15) is 0 Å². The summed E-state index contributed by atoms with van der Waals surface area (Å²) in [7, 11) is 2.10. The van der Waals surface area contributed by atoms with Crippen LogP contribution in [0.15, 0.2) is 41.2 Å². The van der Waals surface area contributed by atoms with Gasteiger partial charge in [0.25, 0.3) is 0 Å². The topological polar surface area (TPSA) is 36.6 Å². The normalized spacial score (nSPS) is 15.8. The number of aliphatic hydroxyl groups is 1. The predicted molar refractivity (Wildman–Crippen MR) is 70.8 cm³/mol. The SMILES string of the molecule is CN1CCc2cc(C(O)Cc3ccoc3)ccc21. The Morgan fingerprint density at radius 1 is 1.39 bits per heavy atom. The van der Waals surface area contributed by atoms with Crippen molar-refractivity contribution in [2.24, 2.45) is 0 Å². The van der Waals surface area contributed by atoms with E-state index in [1.807, 2.05) is 12.1 Å². The van der Waals surface area contributed by atoms with Crippen molar-refractivity contribution < 1.29 is 9.52 Å². The molecule has 1 aromatic heterocycles. The van der Waals surface area contributed by atoms with Gasteiger partial charge in [-0.3, -0.25) is 0 Å². The zero-order valence-corrected chi connectivity index (χ0v) is 10.5. The lowest BCUT2D eigenvalue weighted by Crippen LogP contribution is -2.12. The van der Waals surface area contributed by atoms with E-state index in [1.165, 1.54) is 11.3 Å². The molecule has 1 aliphatic heterocycles. The van der Waals surface area contributed by atoms with Gasteiger partial charge >= 0.3 is 0 Å². The van der Waals surface area contributed by atoms with Gasteiger partial charge in [0, 0.05) is 25.7 Å². The second-order valence-electron chi connectivity index (χ2n) is 4.91. The zero-order chi connectivity index (χ0) is 12.5. The summed E-state index contributed by atoms with van der Waals surface area (Å²) in [5, 5.41) is 10.2. The number of likely N-dealkylation sites (N-methyl/N-ethyl adjacent to an activating group) is 1. The van der Waals surface area contributed by atoms with Crippen LogP contribution in [0.2, 0.25) is 0 Å². The zero-order valence-electron chi connectivity index (χ0n) is 10.5. The van der Waals surface area contributed by atoms with Crippen LogP contribution in [-0.2, 0) is 12.8 Å². The Bertz CT molecular complexity index is 533. The molecule has 0 aliphatic carbocycles. The Kier molecular flexibility index (Phi) is 2.84. The van der Waals surface area contributed by atoms with E-state index < -0.39 is 6.10 Å². The number of aliphatic hydroxyl groups excluding tert-OH is 1. The van der Waals surface area contributed by atoms with Crippen LogP contribution in [0.4, 0.5) is 5.69 Å². The number of nitrogens with zero attached hydrogens (tertiary/aromatic N) is 1. The smallest absolute Gasteiger partial charge is 0.0935 e. The molecule has 0 spiro atoms. The fourth-order valence-corrected chi connectivity index (χ4v) is 2.54. The maximum atomic E-state index is 10.2. The molecule has 0 amide bonds. The maximum Gasteiger partial charge on any atom is 0.0935 e. The second kappa shape index (κ2) is 4.50. The number of hydrogen-bond acceptors (Lipinski definition) is 3. The lowest BCUT2D eigenvalue weighted by molar-refractivity contribution is 0.178. The molecule has 0 saturated carbocycles. The van der Waals surface area contributed by atoms with E-state index in [2.05, 4.69) is 24.1 Å². The standard InChI is InChI=1S/C15H17NO2/c1-16-6-4-12-9-13(2-3-14(12)16)15(17)8-11-5-7-18-10-11/h2-3,5,7,9-10,15,17H,4,6,8H2,1H3. The molecule has 1 aliphatic rings. The molecule has 1 N–H and O–H groups in total. The Morgan fingerprint density at radius 2 is 2.28 bits per heavy atom. The summed E-state index contributed by atoms with van der Waals surface area (Å²) >= 11 is 0. The minimum atomic E-state index is -0.459. The molecular weight excluding hydrogens is 226 g/mol. The number of furan rings is 1. The molecule has 1 aromatic carbocycles. The Hall–Kier alpha value is -1.74. The first-order valence-corrected chi connectivity index (χ1v) is 6.27. The molecule has 1 unspecified atom stereocenters. The summed E-state index contributed by atoms with van der Waals surface area (Å²) in [5.41, 5.74) is 4.64. The molecule has 0 radical (unpaired) electrons. The van der Waals surface area contributed by atoms with Crippen LogP contribution in [0.25, 0.3) is 0 Å². The van der Waals surface area contributed by atoms with Crippen molar-refractivity contribution in [3.05, 3.63) is 53.5 Å². The summed E-state index contributed by atoms with van der Waals surface area (Å²) in [5.74, 6) is 0. The minimum Gasteiger partial charge on any atom is -0.472 e. The van der Waals surface area contributed by atoms with Crippen molar-refractivity contribution in [2.45, 2.75) is 18.9 Å². The molecule has 1 atom stereocenters. The summed E-state index contributed by atoms with van der Waals surface area (Å²) in [4.78, 5) is 2.25. The highest BCUT2D eigenvalue weighted by Gasteiger charge is 2.18. The Morgan fingerprint density at radius 3 is 3.06 bits per heavy atom. The van der Waals surface area contributed by atoms with Crippen molar-refractivity contribution in [3.63, 3.8) is 0 Å². The van der Waals surface area contributed by atoms with E-state index in [-0.39, 0.29) is 0 Å². The highest BCUT2D eigenvalue weighted by Crippen LogP contribution is 2.30. The molecule has 3 nitrogen and oxygen atoms in total. The lowest BCUT2D eigenvalue weighted by Gasteiger charge is -2.14. The van der Waals surface area contributed by atoms with Crippen LogP contribution in [0.1, 0.15) is 22.8 Å². The molecule has 0 bridgehead atoms. The van der Waals surface area contributed by atoms with Gasteiger partial charge in [0.15, 0.2) is 0 Å². The van der Waals surface area contributed by atoms with Crippen LogP contribution in [-0.4, -0.2) is 18.7 Å². The molecule has 3 rings (SSSR count). The van der Waals surface area contributed by atoms with E-state index in [4.69, 9.17) is 4.42 Å². The highest BCUT2D eigenvalue weighted by molar-refractivity contribution is 5.58. The third-order valence-corrected chi connectivity index (χ3v) is 3.63. The summed E-state index contributed by atoms with van der Waals surface area (Å²) < 4.78 is 5.02. The van der Waals surface area contributed by atoms with Crippen LogP contribution < -0.4 is 4.90 Å². The van der Waals surface area contributed by atoms with Gasteiger partial charge in [-0.05, 0) is 35.2 Å². The average molecular weight is 243 g/mol. The van der Waals surface area contributed by atoms with Crippen molar-refractivity contribution in [2.75, 3.05) is 18.5 Å². The third-order valence-electron chi connectivity index (χ3n) is 3.63. The average Bonchev–Trinajstić information content (AvgIpc) is 2.99. The molecule has 3 heteroatoms. The second-order valence-corrected chi connectivity index (χ2v) is 4.91. The van der Waals surface area contributed by atoms with Gasteiger partial charge in [0.2, 0.25) is 0 Å². The van der Waals surface area contributed by atoms with Crippen LogP contribution in [0, 0.1) is 0 Å². The Labute approximate surface area is 107 Å². The highest BCUT2D eigenvalue weighted by atomic mass is 16.3. The van der Waals surface area contributed by atoms with Crippen molar-refractivity contribution in [1.82, 2.24) is 0 Å². The van der Waals surface area contributed by atoms with Crippen LogP contribution in [0.5, 0.6) is 0 Å². The molecule has 2 aromatic rings. The summed E-state index contributed by atoms with van der Waals surface area (Å²) in [6.07, 6.45) is 4.53. The molecular formula is C15H17NO2. The molecule has 0 fully saturated rings. The van der Waals surface area contributed by atoms with Crippen LogP contribution >= 0.6 is 0 Å². The minimum absolute atomic E-state index is 0.459. The van der Waals surface area contributed by atoms with Gasteiger partial charge in [-0.1, -0.05) is 12.1 Å². The molecule has 0 saturated heterocycles. The largest absolute Gasteiger partial charge is 0.472 e. The lowest BCUT2D eigenvalue weighted by atomic mass is 10.00. The van der Waals surface area contributed by atoms with Crippen molar-refractivity contribution in [3.8, 4) is 0 Å². The number of anilines is 1. The fourth-order valence-electron chi connectivity index (χ4n) is 2.54. The van der Waals surface area contributed by atoms with E-state index in [0.717, 1.165) is 24.1 Å². The first-order chi connectivity index (χ1) is 8.74. The van der Waals surface area contributed by atoms with Gasteiger partial charge in [0.05, 0.1) is 18.6 Å². The van der Waals surface area contributed by atoms with Gasteiger partial charge < -0.3 is 14.4 Å². The number of benzene rings is 1. The van der Waals surface area contributed by atoms with E-state index in [1.54, 1.807) is 12.5 Å². The Balaban J connectivity index is 1.80. The van der Waals surface area contributed by atoms with Crippen molar-refractivity contribution in [1.29, 1.82) is 0 Å². The quantitative estimate of drug-likeness (QED) is 0.900. The van der Waals surface area contributed by atoms with E-state index in [0.29, 0.717) is 6.42 Å². The molecule has 2 heterocycles. The first kappa shape index (κ1) is 11.4. The van der Waals surface area contributed by atoms with E-state index in [9.17, 15) is 5.11 Å². The predicted octanol–water partition coefficient (Wildman–Crippen LogP) is 2.55. The van der Waals surface area contributed by atoms with Gasteiger partial charge in [-0.25, -0.2) is 0 Å². The summed E-state index contributed by atoms with van der Waals surface area (Å²) in [6, 6.07) is 8.15. The maximum absolute atomic E-state index is 10.2. The third kappa shape index (κ3) is 2.02. The first-order valence-electron chi connectivity index (χ1n) is 6.27. The van der Waals surface area contributed by atoms with Gasteiger partial charge in [-0.2, -0.15) is 0 Å². The number of rotatable bonds is 3. The van der Waals surface area contributed by atoms with Crippen LogP contribution in [0.3, 0.4) is 0 Å². The monoisotopic (exact) mass is 243 g/mol. The summed E-state index contributed by atoms with van der Waals surface area (Å²) in [6.45, 7) is 1.07.